The Morgan fingerprint density at radius 2 is 1.76 bits per heavy atom. The molecule has 1 atom stereocenters. The average Bonchev–Trinajstić information content (AvgIpc) is 2.84. The van der Waals surface area contributed by atoms with E-state index in [0.29, 0.717) is 23.7 Å². The highest BCUT2D eigenvalue weighted by atomic mass is 16.5. The van der Waals surface area contributed by atoms with E-state index >= 15 is 0 Å². The third-order valence-electron chi connectivity index (χ3n) is 5.53. The monoisotopic (exact) mass is 464 g/mol. The highest BCUT2D eigenvalue weighted by molar-refractivity contribution is 5.98. The first kappa shape index (κ1) is 25.0. The summed E-state index contributed by atoms with van der Waals surface area (Å²) in [4.78, 5) is 31.6. The van der Waals surface area contributed by atoms with E-state index in [1.807, 2.05) is 36.4 Å². The van der Waals surface area contributed by atoms with Crippen LogP contribution in [0.3, 0.4) is 0 Å². The maximum Gasteiger partial charge on any atom is 0.326 e. The fourth-order valence-corrected chi connectivity index (χ4v) is 3.57. The third kappa shape index (κ3) is 7.45. The maximum absolute atomic E-state index is 12.4. The zero-order valence-corrected chi connectivity index (χ0v) is 19.6. The van der Waals surface area contributed by atoms with E-state index in [-0.39, 0.29) is 24.0 Å². The van der Waals surface area contributed by atoms with Crippen molar-refractivity contribution in [2.45, 2.75) is 58.7 Å². The van der Waals surface area contributed by atoms with Gasteiger partial charge in [-0.3, -0.25) is 15.1 Å². The second kappa shape index (κ2) is 12.6. The molecule has 3 aromatic rings. The number of amides is 2. The van der Waals surface area contributed by atoms with Gasteiger partial charge in [-0.2, -0.15) is 0 Å². The smallest absolute Gasteiger partial charge is 0.326 e. The van der Waals surface area contributed by atoms with Crippen molar-refractivity contribution >= 4 is 17.7 Å². The van der Waals surface area contributed by atoms with E-state index in [2.05, 4.69) is 34.4 Å². The minimum Gasteiger partial charge on any atom is -0.489 e. The molecule has 1 unspecified atom stereocenters. The molecule has 0 aliphatic carbocycles. The number of rotatable bonds is 11. The van der Waals surface area contributed by atoms with Crippen molar-refractivity contribution in [3.05, 3.63) is 81.8 Å². The fourth-order valence-electron chi connectivity index (χ4n) is 3.57. The third-order valence-corrected chi connectivity index (χ3v) is 5.53. The van der Waals surface area contributed by atoms with Gasteiger partial charge in [0.15, 0.2) is 0 Å². The summed E-state index contributed by atoms with van der Waals surface area (Å²) in [5, 5.41) is 14.5. The zero-order chi connectivity index (χ0) is 24.3. The molecule has 0 aliphatic heterocycles. The molecule has 4 N–H and O–H groups in total. The normalized spacial score (nSPS) is 11.6. The molecule has 0 saturated carbocycles. The van der Waals surface area contributed by atoms with Gasteiger partial charge in [0, 0.05) is 17.7 Å². The van der Waals surface area contributed by atoms with Crippen LogP contribution in [-0.2, 0) is 13.2 Å². The number of ether oxygens (including phenoxy) is 1. The molecule has 1 heterocycles. The van der Waals surface area contributed by atoms with E-state index in [1.54, 1.807) is 12.1 Å². The van der Waals surface area contributed by atoms with E-state index in [9.17, 15) is 9.59 Å². The van der Waals surface area contributed by atoms with Crippen molar-refractivity contribution in [2.24, 2.45) is 0 Å². The Morgan fingerprint density at radius 3 is 2.41 bits per heavy atom. The van der Waals surface area contributed by atoms with Gasteiger partial charge in [0.2, 0.25) is 5.95 Å². The van der Waals surface area contributed by atoms with Gasteiger partial charge in [-0.25, -0.2) is 9.78 Å². The number of unbranched alkanes of at least 4 members (excludes halogenated alkanes) is 1. The molecule has 0 spiro atoms. The van der Waals surface area contributed by atoms with Gasteiger partial charge in [0.25, 0.3) is 5.56 Å². The van der Waals surface area contributed by atoms with Gasteiger partial charge >= 0.3 is 6.03 Å². The van der Waals surface area contributed by atoms with Crippen LogP contribution in [0.2, 0.25) is 0 Å². The molecule has 0 aliphatic rings. The summed E-state index contributed by atoms with van der Waals surface area (Å²) in [6.45, 7) is 4.58. The van der Waals surface area contributed by atoms with Crippen molar-refractivity contribution in [1.29, 1.82) is 0 Å². The lowest BCUT2D eigenvalue weighted by atomic mass is 9.96. The number of hydrogen-bond acceptors (Lipinski definition) is 5. The Bertz CT molecular complexity index is 1110. The number of anilines is 2. The predicted molar refractivity (Wildman–Crippen MR) is 133 cm³/mol. The molecule has 8 nitrogen and oxygen atoms in total. The number of hydrogen-bond donors (Lipinski definition) is 4. The van der Waals surface area contributed by atoms with Crippen LogP contribution in [0.15, 0.2) is 59.4 Å². The molecular weight excluding hydrogens is 432 g/mol. The Hall–Kier alpha value is -3.65. The fraction of sp³-hybridized carbons (Fsp3) is 0.346. The molecule has 0 saturated heterocycles. The molecule has 0 radical (unpaired) electrons. The molecule has 0 bridgehead atoms. The van der Waals surface area contributed by atoms with Gasteiger partial charge in [-0.1, -0.05) is 51.0 Å². The SMILES string of the molecule is CCCCC(CC)c1cc(=O)[nH]c(NC(=O)Nc2ccc(COc3ccc(CO)cc3)cc2)n1. The average molecular weight is 465 g/mol. The standard InChI is InChI=1S/C26H32N4O4/c1-3-5-6-20(4-2)23-15-24(32)29-25(28-23)30-26(33)27-21-11-7-19(8-12-21)17-34-22-13-9-18(16-31)10-14-22/h7-15,20,31H,3-6,16-17H2,1-2H3,(H3,27,28,29,30,32,33). The number of aliphatic hydroxyl groups is 1. The number of H-pyrrole nitrogens is 1. The van der Waals surface area contributed by atoms with Gasteiger partial charge in [-0.05, 0) is 48.2 Å². The van der Waals surface area contributed by atoms with Crippen molar-refractivity contribution in [2.75, 3.05) is 10.6 Å². The number of aliphatic hydroxyl groups excluding tert-OH is 1. The summed E-state index contributed by atoms with van der Waals surface area (Å²) < 4.78 is 5.74. The molecule has 8 heteroatoms. The van der Waals surface area contributed by atoms with Crippen LogP contribution >= 0.6 is 0 Å². The van der Waals surface area contributed by atoms with Crippen molar-refractivity contribution in [3.8, 4) is 5.75 Å². The summed E-state index contributed by atoms with van der Waals surface area (Å²) in [5.74, 6) is 1.03. The highest BCUT2D eigenvalue weighted by Gasteiger charge is 2.14. The Kier molecular flexibility index (Phi) is 9.22. The number of carbonyl (C=O) groups is 1. The van der Waals surface area contributed by atoms with E-state index in [1.165, 1.54) is 6.07 Å². The summed E-state index contributed by atoms with van der Waals surface area (Å²) in [6, 6.07) is 15.5. The summed E-state index contributed by atoms with van der Waals surface area (Å²) in [6.07, 6.45) is 3.98. The van der Waals surface area contributed by atoms with E-state index < -0.39 is 6.03 Å². The first-order valence-corrected chi connectivity index (χ1v) is 11.6. The zero-order valence-electron chi connectivity index (χ0n) is 19.6. The van der Waals surface area contributed by atoms with Crippen LogP contribution in [0.25, 0.3) is 0 Å². The molecule has 1 aromatic heterocycles. The first-order valence-electron chi connectivity index (χ1n) is 11.6. The first-order chi connectivity index (χ1) is 16.5. The van der Waals surface area contributed by atoms with E-state index in [0.717, 1.165) is 36.8 Å². The predicted octanol–water partition coefficient (Wildman–Crippen LogP) is 5.17. The number of nitrogens with one attached hydrogen (secondary N) is 3. The van der Waals surface area contributed by atoms with Crippen LogP contribution in [0, 0.1) is 0 Å². The van der Waals surface area contributed by atoms with Gasteiger partial charge in [0.05, 0.1) is 12.3 Å². The summed E-state index contributed by atoms with van der Waals surface area (Å²) >= 11 is 0. The summed E-state index contributed by atoms with van der Waals surface area (Å²) in [5.41, 5.74) is 2.78. The lowest BCUT2D eigenvalue weighted by Gasteiger charge is -2.15. The maximum atomic E-state index is 12.4. The van der Waals surface area contributed by atoms with Crippen molar-refractivity contribution in [1.82, 2.24) is 9.97 Å². The molecule has 34 heavy (non-hydrogen) atoms. The molecule has 2 aromatic carbocycles. The number of urea groups is 1. The van der Waals surface area contributed by atoms with Crippen LogP contribution in [-0.4, -0.2) is 21.1 Å². The topological polar surface area (TPSA) is 116 Å². The van der Waals surface area contributed by atoms with Crippen LogP contribution < -0.4 is 20.9 Å². The highest BCUT2D eigenvalue weighted by Crippen LogP contribution is 2.23. The van der Waals surface area contributed by atoms with Gasteiger partial charge in [-0.15, -0.1) is 0 Å². The lowest BCUT2D eigenvalue weighted by Crippen LogP contribution is -2.24. The van der Waals surface area contributed by atoms with Crippen LogP contribution in [0.4, 0.5) is 16.4 Å². The lowest BCUT2D eigenvalue weighted by molar-refractivity contribution is 0.262. The minimum atomic E-state index is -0.491. The summed E-state index contributed by atoms with van der Waals surface area (Å²) in [7, 11) is 0. The molecule has 2 amide bonds. The van der Waals surface area contributed by atoms with Crippen molar-refractivity contribution in [3.63, 3.8) is 0 Å². The largest absolute Gasteiger partial charge is 0.489 e. The number of aromatic amines is 1. The quantitative estimate of drug-likeness (QED) is 0.312. The second-order valence-electron chi connectivity index (χ2n) is 8.13. The number of benzene rings is 2. The number of carbonyl (C=O) groups excluding carboxylic acids is 1. The molecular formula is C26H32N4O4. The molecule has 3 rings (SSSR count). The Morgan fingerprint density at radius 1 is 1.06 bits per heavy atom. The van der Waals surface area contributed by atoms with Crippen LogP contribution in [0.5, 0.6) is 5.75 Å². The number of nitrogens with zero attached hydrogens (tertiary/aromatic N) is 1. The van der Waals surface area contributed by atoms with Gasteiger partial charge in [0.1, 0.15) is 12.4 Å². The second-order valence-corrected chi connectivity index (χ2v) is 8.13. The van der Waals surface area contributed by atoms with Crippen molar-refractivity contribution < 1.29 is 14.6 Å². The number of aromatic nitrogens is 2. The van der Waals surface area contributed by atoms with Crippen LogP contribution in [0.1, 0.15) is 62.3 Å². The molecule has 0 fully saturated rings. The van der Waals surface area contributed by atoms with Gasteiger partial charge < -0.3 is 15.2 Å². The Balaban J connectivity index is 1.55. The Labute approximate surface area is 199 Å². The molecule has 180 valence electrons. The van der Waals surface area contributed by atoms with E-state index in [4.69, 9.17) is 9.84 Å². The minimum absolute atomic E-state index is 0.00187.